The molecule has 0 aliphatic heterocycles. The summed E-state index contributed by atoms with van der Waals surface area (Å²) in [4.78, 5) is 16.1. The number of benzene rings is 2. The van der Waals surface area contributed by atoms with Crippen LogP contribution in [0.5, 0.6) is 0 Å². The van der Waals surface area contributed by atoms with Crippen LogP contribution in [0.3, 0.4) is 0 Å². The van der Waals surface area contributed by atoms with E-state index >= 15 is 4.39 Å². The van der Waals surface area contributed by atoms with Gasteiger partial charge in [-0.2, -0.15) is 0 Å². The van der Waals surface area contributed by atoms with Gasteiger partial charge in [0.2, 0.25) is 0 Å². The maximum absolute atomic E-state index is 15.0. The number of sulfonamides is 1. The van der Waals surface area contributed by atoms with Gasteiger partial charge in [0.1, 0.15) is 23.0 Å². The highest BCUT2D eigenvalue weighted by molar-refractivity contribution is 7.92. The van der Waals surface area contributed by atoms with E-state index in [4.69, 9.17) is 10.6 Å². The van der Waals surface area contributed by atoms with Gasteiger partial charge in [-0.15, -0.1) is 0 Å². The lowest BCUT2D eigenvalue weighted by Gasteiger charge is -2.14. The molecule has 0 saturated carbocycles. The lowest BCUT2D eigenvalue weighted by molar-refractivity contribution is 0.101. The maximum atomic E-state index is 15.0. The SMILES string of the molecule is C=C(OC)c1cc(NC(=O)c2c(F)ccc(NS(=O)(=O)c3cccc(F)c3)c2F)cnc1NN. The van der Waals surface area contributed by atoms with E-state index < -0.39 is 49.5 Å². The number of hydrogen-bond donors (Lipinski definition) is 4. The average Bonchev–Trinajstić information content (AvgIpc) is 2.80. The minimum atomic E-state index is -4.43. The number of hydrogen-bond acceptors (Lipinski definition) is 7. The summed E-state index contributed by atoms with van der Waals surface area (Å²) in [5.41, 5.74) is 0.814. The summed E-state index contributed by atoms with van der Waals surface area (Å²) in [6.45, 7) is 3.66. The van der Waals surface area contributed by atoms with Crippen molar-refractivity contribution < 1.29 is 31.1 Å². The van der Waals surface area contributed by atoms with Crippen molar-refractivity contribution in [2.45, 2.75) is 4.90 Å². The van der Waals surface area contributed by atoms with Crippen LogP contribution in [0.1, 0.15) is 15.9 Å². The molecular formula is C21H18F3N5O4S. The van der Waals surface area contributed by atoms with Gasteiger partial charge >= 0.3 is 0 Å². The lowest BCUT2D eigenvalue weighted by Crippen LogP contribution is -2.20. The quantitative estimate of drug-likeness (QED) is 0.214. The molecule has 0 spiro atoms. The fraction of sp³-hybridized carbons (Fsp3) is 0.0476. The molecule has 34 heavy (non-hydrogen) atoms. The number of ether oxygens (including phenoxy) is 1. The van der Waals surface area contributed by atoms with Crippen LogP contribution >= 0.6 is 0 Å². The molecule has 5 N–H and O–H groups in total. The Bertz CT molecular complexity index is 1380. The van der Waals surface area contributed by atoms with Crippen LogP contribution in [0, 0.1) is 17.5 Å². The first-order valence-electron chi connectivity index (χ1n) is 9.35. The summed E-state index contributed by atoms with van der Waals surface area (Å²) < 4.78 is 74.6. The number of hydrazine groups is 1. The minimum absolute atomic E-state index is 0.0155. The van der Waals surface area contributed by atoms with Crippen LogP contribution in [0.4, 0.5) is 30.4 Å². The van der Waals surface area contributed by atoms with Crippen molar-refractivity contribution in [3.8, 4) is 0 Å². The number of carbonyl (C=O) groups is 1. The first-order valence-corrected chi connectivity index (χ1v) is 10.8. The molecule has 0 unspecified atom stereocenters. The number of nitrogens with two attached hydrogens (primary N) is 1. The Morgan fingerprint density at radius 3 is 2.53 bits per heavy atom. The number of nitrogens with zero attached hydrogens (tertiary/aromatic N) is 1. The summed E-state index contributed by atoms with van der Waals surface area (Å²) >= 11 is 0. The zero-order valence-electron chi connectivity index (χ0n) is 17.5. The third-order valence-corrected chi connectivity index (χ3v) is 5.86. The third kappa shape index (κ3) is 5.10. The molecule has 13 heteroatoms. The van der Waals surface area contributed by atoms with Crippen LogP contribution in [0.2, 0.25) is 0 Å². The van der Waals surface area contributed by atoms with Crippen molar-refractivity contribution in [2.24, 2.45) is 5.84 Å². The first-order chi connectivity index (χ1) is 16.1. The van der Waals surface area contributed by atoms with Crippen molar-refractivity contribution in [1.82, 2.24) is 4.98 Å². The van der Waals surface area contributed by atoms with E-state index in [9.17, 15) is 22.0 Å². The second-order valence-corrected chi connectivity index (χ2v) is 8.38. The minimum Gasteiger partial charge on any atom is -0.497 e. The summed E-state index contributed by atoms with van der Waals surface area (Å²) in [6, 6.07) is 6.82. The van der Waals surface area contributed by atoms with Crippen LogP contribution < -0.4 is 21.3 Å². The van der Waals surface area contributed by atoms with Crippen molar-refractivity contribution in [2.75, 3.05) is 22.6 Å². The first kappa shape index (κ1) is 24.5. The van der Waals surface area contributed by atoms with Gasteiger partial charge in [0.15, 0.2) is 11.6 Å². The number of aromatic nitrogens is 1. The van der Waals surface area contributed by atoms with Crippen LogP contribution in [-0.2, 0) is 14.8 Å². The zero-order chi connectivity index (χ0) is 25.0. The molecule has 0 saturated heterocycles. The molecule has 0 aliphatic carbocycles. The summed E-state index contributed by atoms with van der Waals surface area (Å²) in [6.07, 6.45) is 1.16. The van der Waals surface area contributed by atoms with Crippen molar-refractivity contribution in [3.63, 3.8) is 0 Å². The maximum Gasteiger partial charge on any atom is 0.262 e. The number of nitrogen functional groups attached to an aromatic ring is 1. The number of anilines is 3. The molecule has 1 heterocycles. The number of methoxy groups -OCH3 is 1. The van der Waals surface area contributed by atoms with E-state index in [0.29, 0.717) is 6.07 Å². The second kappa shape index (κ2) is 9.80. The van der Waals surface area contributed by atoms with Gasteiger partial charge in [0.05, 0.1) is 35.1 Å². The van der Waals surface area contributed by atoms with Gasteiger partial charge in [0.25, 0.3) is 15.9 Å². The fourth-order valence-electron chi connectivity index (χ4n) is 2.84. The number of amides is 1. The number of rotatable bonds is 8. The zero-order valence-corrected chi connectivity index (χ0v) is 18.3. The lowest BCUT2D eigenvalue weighted by atomic mass is 10.1. The van der Waals surface area contributed by atoms with E-state index in [-0.39, 0.29) is 22.8 Å². The van der Waals surface area contributed by atoms with Gasteiger partial charge in [-0.3, -0.25) is 9.52 Å². The Balaban J connectivity index is 1.93. The van der Waals surface area contributed by atoms with Crippen molar-refractivity contribution >= 4 is 38.9 Å². The normalized spacial score (nSPS) is 11.0. The molecule has 9 nitrogen and oxygen atoms in total. The molecule has 3 rings (SSSR count). The predicted molar refractivity (Wildman–Crippen MR) is 120 cm³/mol. The number of pyridine rings is 1. The average molecular weight is 493 g/mol. The van der Waals surface area contributed by atoms with Crippen molar-refractivity contribution in [1.29, 1.82) is 0 Å². The molecule has 0 atom stereocenters. The summed E-state index contributed by atoms with van der Waals surface area (Å²) in [7, 11) is -3.09. The van der Waals surface area contributed by atoms with Crippen LogP contribution in [-0.4, -0.2) is 26.4 Å². The summed E-state index contributed by atoms with van der Waals surface area (Å²) in [5, 5.41) is 2.27. The molecule has 0 aliphatic rings. The van der Waals surface area contributed by atoms with E-state index in [1.54, 1.807) is 0 Å². The van der Waals surface area contributed by atoms with Gasteiger partial charge in [0, 0.05) is 0 Å². The summed E-state index contributed by atoms with van der Waals surface area (Å²) in [5.74, 6) is 0.882. The molecule has 1 amide bonds. The van der Waals surface area contributed by atoms with Gasteiger partial charge in [-0.05, 0) is 36.4 Å². The topological polar surface area (TPSA) is 135 Å². The van der Waals surface area contributed by atoms with E-state index in [1.165, 1.54) is 13.2 Å². The Morgan fingerprint density at radius 1 is 1.15 bits per heavy atom. The number of nitrogens with one attached hydrogen (secondary N) is 3. The fourth-order valence-corrected chi connectivity index (χ4v) is 3.93. The molecule has 0 fully saturated rings. The van der Waals surface area contributed by atoms with Crippen LogP contribution in [0.25, 0.3) is 5.76 Å². The smallest absolute Gasteiger partial charge is 0.262 e. The molecule has 1 aromatic heterocycles. The monoisotopic (exact) mass is 493 g/mol. The van der Waals surface area contributed by atoms with Crippen LogP contribution in [0.15, 0.2) is 60.1 Å². The van der Waals surface area contributed by atoms with Gasteiger partial charge in [-0.1, -0.05) is 12.6 Å². The Hall–Kier alpha value is -4.10. The Kier molecular flexibility index (Phi) is 7.08. The molecule has 3 aromatic rings. The Morgan fingerprint density at radius 2 is 1.88 bits per heavy atom. The number of halogens is 3. The highest BCUT2D eigenvalue weighted by atomic mass is 32.2. The second-order valence-electron chi connectivity index (χ2n) is 6.69. The largest absolute Gasteiger partial charge is 0.497 e. The Labute approximate surface area is 192 Å². The number of carbonyl (C=O) groups excluding carboxylic acids is 1. The van der Waals surface area contributed by atoms with E-state index in [2.05, 4.69) is 22.3 Å². The van der Waals surface area contributed by atoms with E-state index in [1.807, 2.05) is 4.72 Å². The third-order valence-electron chi connectivity index (χ3n) is 4.50. The molecule has 0 radical (unpaired) electrons. The van der Waals surface area contributed by atoms with Crippen molar-refractivity contribution in [3.05, 3.63) is 83.8 Å². The molecular weight excluding hydrogens is 475 g/mol. The highest BCUT2D eigenvalue weighted by Crippen LogP contribution is 2.27. The van der Waals surface area contributed by atoms with Gasteiger partial charge in [-0.25, -0.2) is 32.4 Å². The molecule has 0 bridgehead atoms. The molecule has 178 valence electrons. The van der Waals surface area contributed by atoms with Gasteiger partial charge < -0.3 is 15.5 Å². The van der Waals surface area contributed by atoms with E-state index in [0.717, 1.165) is 36.5 Å². The predicted octanol–water partition coefficient (Wildman–Crippen LogP) is 3.45. The highest BCUT2D eigenvalue weighted by Gasteiger charge is 2.24. The standard InChI is InChI=1S/C21H18F3N5O4S/c1-11(33-2)15-9-13(10-26-20(15)28-25)27-21(30)18-16(23)6-7-17(19(18)24)29-34(31,32)14-5-3-4-12(22)8-14/h3-10,29H,1,25H2,2H3,(H,26,28)(H,27,30). The molecule has 2 aromatic carbocycles.